The van der Waals surface area contributed by atoms with E-state index in [-0.39, 0.29) is 12.5 Å². The summed E-state index contributed by atoms with van der Waals surface area (Å²) < 4.78 is 10.3. The number of rotatable bonds is 2. The van der Waals surface area contributed by atoms with Crippen LogP contribution in [0.3, 0.4) is 0 Å². The third kappa shape index (κ3) is 2.98. The summed E-state index contributed by atoms with van der Waals surface area (Å²) in [5.41, 5.74) is -0.863. The zero-order chi connectivity index (χ0) is 10.6. The van der Waals surface area contributed by atoms with E-state index in [1.807, 2.05) is 6.07 Å². The van der Waals surface area contributed by atoms with E-state index in [1.54, 1.807) is 13.8 Å². The van der Waals surface area contributed by atoms with Crippen molar-refractivity contribution in [2.45, 2.75) is 25.5 Å². The zero-order valence-electron chi connectivity index (χ0n) is 8.37. The number of nitrogens with zero attached hydrogens (tertiary/aromatic N) is 1. The van der Waals surface area contributed by atoms with Crippen LogP contribution in [0.15, 0.2) is 0 Å². The Morgan fingerprint density at radius 1 is 1.57 bits per heavy atom. The van der Waals surface area contributed by atoms with Crippen molar-refractivity contribution in [3.05, 3.63) is 0 Å². The average molecular weight is 198 g/mol. The van der Waals surface area contributed by atoms with Gasteiger partial charge in [-0.15, -0.1) is 0 Å². The van der Waals surface area contributed by atoms with Crippen molar-refractivity contribution in [1.82, 2.24) is 5.32 Å². The van der Waals surface area contributed by atoms with E-state index in [0.29, 0.717) is 13.2 Å². The van der Waals surface area contributed by atoms with Crippen molar-refractivity contribution in [1.29, 1.82) is 5.26 Å². The summed E-state index contributed by atoms with van der Waals surface area (Å²) >= 11 is 0. The van der Waals surface area contributed by atoms with Crippen LogP contribution in [0.25, 0.3) is 0 Å². The zero-order valence-corrected chi connectivity index (χ0v) is 8.37. The smallest absolute Gasteiger partial charge is 0.252 e. The number of ether oxygens (including phenoxy) is 2. The highest BCUT2D eigenvalue weighted by molar-refractivity contribution is 5.82. The lowest BCUT2D eigenvalue weighted by Gasteiger charge is -2.25. The van der Waals surface area contributed by atoms with Crippen LogP contribution in [-0.2, 0) is 14.3 Å². The molecule has 1 atom stereocenters. The highest BCUT2D eigenvalue weighted by atomic mass is 16.6. The van der Waals surface area contributed by atoms with Crippen molar-refractivity contribution in [2.75, 3.05) is 19.8 Å². The number of nitrogens with one attached hydrogen (secondary N) is 1. The number of nitriles is 1. The summed E-state index contributed by atoms with van der Waals surface area (Å²) in [6.07, 6.45) is -0.587. The number of carbonyl (C=O) groups is 1. The van der Waals surface area contributed by atoms with Crippen LogP contribution < -0.4 is 5.32 Å². The Hall–Kier alpha value is -1.12. The second-order valence-electron chi connectivity index (χ2n) is 3.66. The number of hydrogen-bond donors (Lipinski definition) is 1. The standard InChI is InChI=1S/C9H14N2O3/c1-9(2,6-10)11-8(12)7-5-13-3-4-14-7/h7H,3-5H2,1-2H3,(H,11,12). The molecule has 0 aromatic heterocycles. The van der Waals surface area contributed by atoms with Crippen molar-refractivity contribution in [2.24, 2.45) is 0 Å². The van der Waals surface area contributed by atoms with Gasteiger partial charge in [-0.3, -0.25) is 4.79 Å². The van der Waals surface area contributed by atoms with Crippen LogP contribution in [0.5, 0.6) is 0 Å². The Labute approximate surface area is 83.0 Å². The van der Waals surface area contributed by atoms with Gasteiger partial charge in [0.15, 0.2) is 6.10 Å². The largest absolute Gasteiger partial charge is 0.376 e. The van der Waals surface area contributed by atoms with Gasteiger partial charge in [0.25, 0.3) is 5.91 Å². The van der Waals surface area contributed by atoms with Crippen LogP contribution in [0, 0.1) is 11.3 Å². The molecule has 5 heteroatoms. The number of amides is 1. The van der Waals surface area contributed by atoms with Gasteiger partial charge in [0.05, 0.1) is 25.9 Å². The fourth-order valence-electron chi connectivity index (χ4n) is 1.06. The molecule has 1 aliphatic rings. The van der Waals surface area contributed by atoms with Crippen molar-refractivity contribution >= 4 is 5.91 Å². The fraction of sp³-hybridized carbons (Fsp3) is 0.778. The van der Waals surface area contributed by atoms with Gasteiger partial charge in [-0.05, 0) is 13.8 Å². The molecule has 1 fully saturated rings. The lowest BCUT2D eigenvalue weighted by atomic mass is 10.1. The Morgan fingerprint density at radius 2 is 2.29 bits per heavy atom. The van der Waals surface area contributed by atoms with E-state index in [2.05, 4.69) is 5.32 Å². The van der Waals surface area contributed by atoms with Gasteiger partial charge in [-0.1, -0.05) is 0 Å². The maximum absolute atomic E-state index is 11.5. The van der Waals surface area contributed by atoms with Crippen LogP contribution in [0.2, 0.25) is 0 Å². The molecule has 1 rings (SSSR count). The minimum Gasteiger partial charge on any atom is -0.376 e. The molecule has 0 saturated carbocycles. The van der Waals surface area contributed by atoms with Crippen molar-refractivity contribution in [3.8, 4) is 6.07 Å². The van der Waals surface area contributed by atoms with Gasteiger partial charge in [-0.25, -0.2) is 0 Å². The van der Waals surface area contributed by atoms with Gasteiger partial charge < -0.3 is 14.8 Å². The van der Waals surface area contributed by atoms with Gasteiger partial charge in [0.2, 0.25) is 0 Å². The lowest BCUT2D eigenvalue weighted by molar-refractivity contribution is -0.148. The lowest BCUT2D eigenvalue weighted by Crippen LogP contribution is -2.50. The minimum atomic E-state index is -0.863. The molecule has 1 aliphatic heterocycles. The Bertz CT molecular complexity index is 251. The van der Waals surface area contributed by atoms with E-state index in [4.69, 9.17) is 14.7 Å². The van der Waals surface area contributed by atoms with Gasteiger partial charge in [0, 0.05) is 0 Å². The van der Waals surface area contributed by atoms with Crippen LogP contribution in [0.4, 0.5) is 0 Å². The highest BCUT2D eigenvalue weighted by Crippen LogP contribution is 2.04. The molecule has 0 radical (unpaired) electrons. The fourth-order valence-corrected chi connectivity index (χ4v) is 1.06. The maximum Gasteiger partial charge on any atom is 0.252 e. The normalized spacial score (nSPS) is 22.5. The topological polar surface area (TPSA) is 71.4 Å². The second kappa shape index (κ2) is 4.40. The molecule has 0 bridgehead atoms. The first-order valence-corrected chi connectivity index (χ1v) is 4.48. The van der Waals surface area contributed by atoms with Gasteiger partial charge >= 0.3 is 0 Å². The second-order valence-corrected chi connectivity index (χ2v) is 3.66. The molecule has 1 amide bonds. The first kappa shape index (κ1) is 11.0. The summed E-state index contributed by atoms with van der Waals surface area (Å²) in [4.78, 5) is 11.5. The molecular formula is C9H14N2O3. The highest BCUT2D eigenvalue weighted by Gasteiger charge is 2.27. The Balaban J connectivity index is 2.45. The molecule has 0 aliphatic carbocycles. The van der Waals surface area contributed by atoms with E-state index in [1.165, 1.54) is 0 Å². The third-order valence-electron chi connectivity index (χ3n) is 1.82. The Morgan fingerprint density at radius 3 is 2.79 bits per heavy atom. The van der Waals surface area contributed by atoms with E-state index < -0.39 is 11.6 Å². The summed E-state index contributed by atoms with van der Waals surface area (Å²) in [7, 11) is 0. The molecule has 1 N–H and O–H groups in total. The molecule has 0 aromatic rings. The number of hydrogen-bond acceptors (Lipinski definition) is 4. The third-order valence-corrected chi connectivity index (χ3v) is 1.82. The first-order valence-electron chi connectivity index (χ1n) is 4.48. The monoisotopic (exact) mass is 198 g/mol. The molecule has 1 heterocycles. The summed E-state index contributed by atoms with van der Waals surface area (Å²) in [6, 6.07) is 1.98. The summed E-state index contributed by atoms with van der Waals surface area (Å²) in [5, 5.41) is 11.3. The predicted molar refractivity (Wildman–Crippen MR) is 48.4 cm³/mol. The molecule has 0 aromatic carbocycles. The molecule has 1 unspecified atom stereocenters. The molecule has 0 spiro atoms. The van der Waals surface area contributed by atoms with Crippen LogP contribution in [0.1, 0.15) is 13.8 Å². The average Bonchev–Trinajstić information content (AvgIpc) is 2.19. The SMILES string of the molecule is CC(C)(C#N)NC(=O)C1COCCO1. The maximum atomic E-state index is 11.5. The predicted octanol–water partition coefficient (Wildman–Crippen LogP) is -0.180. The van der Waals surface area contributed by atoms with Gasteiger partial charge in [-0.2, -0.15) is 5.26 Å². The number of carbonyl (C=O) groups excluding carboxylic acids is 1. The minimum absolute atomic E-state index is 0.257. The first-order chi connectivity index (χ1) is 6.55. The molecule has 1 saturated heterocycles. The molecule has 14 heavy (non-hydrogen) atoms. The molecule has 5 nitrogen and oxygen atoms in total. The molecule has 78 valence electrons. The van der Waals surface area contributed by atoms with Crippen LogP contribution >= 0.6 is 0 Å². The quantitative estimate of drug-likeness (QED) is 0.668. The van der Waals surface area contributed by atoms with Gasteiger partial charge in [0.1, 0.15) is 5.54 Å². The molecular weight excluding hydrogens is 184 g/mol. The Kier molecular flexibility index (Phi) is 3.44. The summed E-state index contributed by atoms with van der Waals surface area (Å²) in [5.74, 6) is -0.295. The van der Waals surface area contributed by atoms with E-state index in [9.17, 15) is 4.79 Å². The van der Waals surface area contributed by atoms with E-state index in [0.717, 1.165) is 0 Å². The van der Waals surface area contributed by atoms with Crippen molar-refractivity contribution in [3.63, 3.8) is 0 Å². The van der Waals surface area contributed by atoms with E-state index >= 15 is 0 Å². The van der Waals surface area contributed by atoms with Crippen LogP contribution in [-0.4, -0.2) is 37.4 Å². The summed E-state index contributed by atoms with van der Waals surface area (Å²) in [6.45, 7) is 4.47. The van der Waals surface area contributed by atoms with Crippen molar-refractivity contribution < 1.29 is 14.3 Å².